The summed E-state index contributed by atoms with van der Waals surface area (Å²) in [6.45, 7) is -0.543. The fraction of sp³-hybridized carbons (Fsp3) is 0.0714. The first-order valence-electron chi connectivity index (χ1n) is 6.12. The lowest BCUT2D eigenvalue weighted by Gasteiger charge is -2.16. The van der Waals surface area contributed by atoms with E-state index in [1.165, 1.54) is 6.07 Å². The van der Waals surface area contributed by atoms with Crippen molar-refractivity contribution in [2.24, 2.45) is 0 Å². The highest BCUT2D eigenvalue weighted by Gasteiger charge is 2.25. The number of nitriles is 1. The molecule has 110 valence electrons. The van der Waals surface area contributed by atoms with E-state index in [4.69, 9.17) is 9.68 Å². The highest BCUT2D eigenvalue weighted by Crippen LogP contribution is 2.29. The highest BCUT2D eigenvalue weighted by atomic mass is 19.2. The van der Waals surface area contributed by atoms with Crippen molar-refractivity contribution in [1.82, 2.24) is 15.3 Å². The van der Waals surface area contributed by atoms with Crippen LogP contribution >= 0.6 is 0 Å². The Balaban J connectivity index is 1.95. The van der Waals surface area contributed by atoms with E-state index in [1.54, 1.807) is 18.2 Å². The van der Waals surface area contributed by atoms with E-state index in [0.29, 0.717) is 11.1 Å². The topological polar surface area (TPSA) is 66.0 Å². The first-order valence-corrected chi connectivity index (χ1v) is 6.12. The molecular formula is C14H7F3N4O. The Hall–Kier alpha value is -3.08. The SMILES string of the molecule is N#Cc1cccc(-c2nnc(C3=CC(F)=C(F)N(F)C3)o2)c1. The lowest BCUT2D eigenvalue weighted by molar-refractivity contribution is 0.0466. The van der Waals surface area contributed by atoms with Crippen molar-refractivity contribution < 1.29 is 17.7 Å². The minimum Gasteiger partial charge on any atom is -0.416 e. The fourth-order valence-electron chi connectivity index (χ4n) is 1.91. The number of allylic oxidation sites excluding steroid dienone is 2. The Morgan fingerprint density at radius 1 is 1.23 bits per heavy atom. The average molecular weight is 304 g/mol. The molecule has 0 radical (unpaired) electrons. The van der Waals surface area contributed by atoms with Gasteiger partial charge >= 0.3 is 0 Å². The van der Waals surface area contributed by atoms with E-state index in [-0.39, 0.29) is 22.5 Å². The third kappa shape index (κ3) is 2.44. The van der Waals surface area contributed by atoms with Crippen LogP contribution in [0.25, 0.3) is 17.0 Å². The summed E-state index contributed by atoms with van der Waals surface area (Å²) in [5, 5.41) is 15.9. The van der Waals surface area contributed by atoms with Gasteiger partial charge in [0.25, 0.3) is 5.95 Å². The first kappa shape index (κ1) is 13.9. The van der Waals surface area contributed by atoms with E-state index in [0.717, 1.165) is 6.08 Å². The van der Waals surface area contributed by atoms with Crippen LogP contribution in [0, 0.1) is 11.3 Å². The highest BCUT2D eigenvalue weighted by molar-refractivity contribution is 5.66. The maximum absolute atomic E-state index is 13.2. The molecule has 5 nitrogen and oxygen atoms in total. The molecule has 0 saturated carbocycles. The van der Waals surface area contributed by atoms with Gasteiger partial charge in [0.2, 0.25) is 11.8 Å². The summed E-state index contributed by atoms with van der Waals surface area (Å²) in [5.74, 6) is -2.98. The van der Waals surface area contributed by atoms with Crippen LogP contribution in [0.2, 0.25) is 0 Å². The summed E-state index contributed by atoms with van der Waals surface area (Å²) in [6, 6.07) is 8.40. The molecule has 0 atom stereocenters. The Labute approximate surface area is 122 Å². The molecule has 3 rings (SSSR count). The summed E-state index contributed by atoms with van der Waals surface area (Å²) < 4.78 is 44.7. The van der Waals surface area contributed by atoms with E-state index in [1.807, 2.05) is 6.07 Å². The lowest BCUT2D eigenvalue weighted by Crippen LogP contribution is -2.18. The van der Waals surface area contributed by atoms with Crippen LogP contribution in [-0.4, -0.2) is 21.9 Å². The smallest absolute Gasteiger partial charge is 0.253 e. The molecular weight excluding hydrogens is 297 g/mol. The number of hydrogen-bond acceptors (Lipinski definition) is 5. The van der Waals surface area contributed by atoms with Crippen LogP contribution in [0.5, 0.6) is 0 Å². The monoisotopic (exact) mass is 304 g/mol. The molecule has 0 unspecified atom stereocenters. The largest absolute Gasteiger partial charge is 0.416 e. The summed E-state index contributed by atoms with van der Waals surface area (Å²) in [5.41, 5.74) is 0.908. The van der Waals surface area contributed by atoms with Crippen molar-refractivity contribution in [1.29, 1.82) is 5.26 Å². The zero-order valence-electron chi connectivity index (χ0n) is 10.9. The molecule has 0 bridgehead atoms. The summed E-state index contributed by atoms with van der Waals surface area (Å²) in [6.07, 6.45) is 0.800. The van der Waals surface area contributed by atoms with E-state index in [2.05, 4.69) is 10.2 Å². The van der Waals surface area contributed by atoms with Crippen molar-refractivity contribution in [3.05, 3.63) is 53.6 Å². The maximum Gasteiger partial charge on any atom is 0.253 e. The average Bonchev–Trinajstić information content (AvgIpc) is 3.02. The predicted molar refractivity (Wildman–Crippen MR) is 69.5 cm³/mol. The molecule has 1 aromatic heterocycles. The number of rotatable bonds is 2. The molecule has 2 heterocycles. The number of halogens is 3. The second-order valence-electron chi connectivity index (χ2n) is 4.43. The van der Waals surface area contributed by atoms with Crippen LogP contribution in [0.4, 0.5) is 13.3 Å². The molecule has 0 N–H and O–H groups in total. The molecule has 2 aromatic rings. The van der Waals surface area contributed by atoms with Gasteiger partial charge in [0, 0.05) is 11.1 Å². The van der Waals surface area contributed by atoms with Gasteiger partial charge in [0.05, 0.1) is 18.2 Å². The second-order valence-corrected chi connectivity index (χ2v) is 4.43. The van der Waals surface area contributed by atoms with E-state index < -0.39 is 18.3 Å². The number of nitrogens with zero attached hydrogens (tertiary/aromatic N) is 4. The van der Waals surface area contributed by atoms with Gasteiger partial charge < -0.3 is 4.42 Å². The molecule has 8 heteroatoms. The Morgan fingerprint density at radius 3 is 2.73 bits per heavy atom. The minimum atomic E-state index is -1.59. The van der Waals surface area contributed by atoms with Crippen LogP contribution in [0.3, 0.4) is 0 Å². The van der Waals surface area contributed by atoms with Gasteiger partial charge in [-0.25, -0.2) is 4.39 Å². The quantitative estimate of drug-likeness (QED) is 0.629. The van der Waals surface area contributed by atoms with Crippen LogP contribution in [0.15, 0.2) is 46.5 Å². The van der Waals surface area contributed by atoms with Crippen LogP contribution < -0.4 is 0 Å². The molecule has 0 aliphatic carbocycles. The second kappa shape index (κ2) is 5.37. The van der Waals surface area contributed by atoms with Crippen LogP contribution in [-0.2, 0) is 0 Å². The fourth-order valence-corrected chi connectivity index (χ4v) is 1.91. The molecule has 22 heavy (non-hydrogen) atoms. The number of hydrogen-bond donors (Lipinski definition) is 0. The van der Waals surface area contributed by atoms with Crippen molar-refractivity contribution >= 4 is 5.57 Å². The molecule has 1 aromatic carbocycles. The Bertz CT molecular complexity index is 835. The predicted octanol–water partition coefficient (Wildman–Crippen LogP) is 3.30. The normalized spacial score (nSPS) is 14.8. The van der Waals surface area contributed by atoms with Gasteiger partial charge in [-0.1, -0.05) is 10.5 Å². The van der Waals surface area contributed by atoms with Crippen LogP contribution in [0.1, 0.15) is 11.5 Å². The maximum atomic E-state index is 13.2. The van der Waals surface area contributed by atoms with Gasteiger partial charge in [-0.05, 0) is 24.3 Å². The first-order chi connectivity index (χ1) is 10.6. The van der Waals surface area contributed by atoms with Gasteiger partial charge in [0.1, 0.15) is 0 Å². The van der Waals surface area contributed by atoms with Gasteiger partial charge in [-0.2, -0.15) is 14.8 Å². The summed E-state index contributed by atoms with van der Waals surface area (Å²) >= 11 is 0. The number of aromatic nitrogens is 2. The molecule has 0 saturated heterocycles. The van der Waals surface area contributed by atoms with Gasteiger partial charge in [-0.3, -0.25) is 0 Å². The molecule has 1 aliphatic rings. The van der Waals surface area contributed by atoms with E-state index in [9.17, 15) is 13.3 Å². The zero-order chi connectivity index (χ0) is 15.7. The Morgan fingerprint density at radius 2 is 2.00 bits per heavy atom. The third-order valence-corrected chi connectivity index (χ3v) is 2.96. The summed E-state index contributed by atoms with van der Waals surface area (Å²) in [4.78, 5) is 0. The minimum absolute atomic E-state index is 0.0107. The van der Waals surface area contributed by atoms with Crippen molar-refractivity contribution in [2.75, 3.05) is 6.54 Å². The standard InChI is InChI=1S/C14H7F3N4O/c15-11-5-10(7-21(17)12(11)16)14-20-19-13(22-14)9-3-1-2-8(4-9)6-18/h1-5H,7H2. The summed E-state index contributed by atoms with van der Waals surface area (Å²) in [7, 11) is 0. The molecule has 1 aliphatic heterocycles. The third-order valence-electron chi connectivity index (χ3n) is 2.96. The van der Waals surface area contributed by atoms with E-state index >= 15 is 0 Å². The van der Waals surface area contributed by atoms with Crippen molar-refractivity contribution in [3.63, 3.8) is 0 Å². The number of benzene rings is 1. The van der Waals surface area contributed by atoms with Gasteiger partial charge in [0.15, 0.2) is 5.83 Å². The lowest BCUT2D eigenvalue weighted by atomic mass is 10.1. The van der Waals surface area contributed by atoms with Crippen molar-refractivity contribution in [3.8, 4) is 17.5 Å². The molecule has 0 fully saturated rings. The van der Waals surface area contributed by atoms with Crippen molar-refractivity contribution in [2.45, 2.75) is 0 Å². The Kier molecular flexibility index (Phi) is 3.39. The molecule has 0 amide bonds. The van der Waals surface area contributed by atoms with Gasteiger partial charge in [-0.15, -0.1) is 10.2 Å². The zero-order valence-corrected chi connectivity index (χ0v) is 10.9. The molecule has 0 spiro atoms.